The van der Waals surface area contributed by atoms with E-state index in [0.29, 0.717) is 5.56 Å². The van der Waals surface area contributed by atoms with E-state index >= 15 is 0 Å². The molecule has 1 N–H and O–H groups in total. The first kappa shape index (κ1) is 14.5. The molecule has 1 aromatic carbocycles. The fourth-order valence-corrected chi connectivity index (χ4v) is 2.76. The van der Waals surface area contributed by atoms with Crippen molar-refractivity contribution >= 4 is 11.7 Å². The molecule has 0 spiro atoms. The van der Waals surface area contributed by atoms with E-state index in [2.05, 4.69) is 0 Å². The Morgan fingerprint density at radius 2 is 2.05 bits per heavy atom. The highest BCUT2D eigenvalue weighted by Crippen LogP contribution is 2.29. The summed E-state index contributed by atoms with van der Waals surface area (Å²) in [5, 5.41) is 20.1. The Morgan fingerprint density at radius 3 is 2.55 bits per heavy atom. The summed E-state index contributed by atoms with van der Waals surface area (Å²) in [7, 11) is 0. The minimum atomic E-state index is -0.910. The summed E-state index contributed by atoms with van der Waals surface area (Å²) in [6.07, 6.45) is 3.09. The van der Waals surface area contributed by atoms with Gasteiger partial charge >= 0.3 is 5.97 Å². The minimum absolute atomic E-state index is 0.0235. The van der Waals surface area contributed by atoms with E-state index in [1.54, 1.807) is 0 Å². The van der Waals surface area contributed by atoms with Gasteiger partial charge in [0.05, 0.1) is 4.92 Å². The Balaban J connectivity index is 2.28. The number of hydrogen-bond acceptors (Lipinski definition) is 4. The van der Waals surface area contributed by atoms with E-state index in [0.717, 1.165) is 25.8 Å². The molecule has 1 aliphatic rings. The van der Waals surface area contributed by atoms with E-state index in [9.17, 15) is 20.0 Å². The van der Waals surface area contributed by atoms with Crippen molar-refractivity contribution in [3.63, 3.8) is 0 Å². The van der Waals surface area contributed by atoms with Gasteiger partial charge in [-0.1, -0.05) is 18.6 Å². The Bertz CT molecular complexity index is 500. The van der Waals surface area contributed by atoms with Gasteiger partial charge in [-0.25, -0.2) is 0 Å². The molecule has 1 saturated heterocycles. The number of carboxylic acid groups (broad SMARTS) is 1. The maximum absolute atomic E-state index is 11.6. The molecule has 6 nitrogen and oxygen atoms in total. The van der Waals surface area contributed by atoms with Gasteiger partial charge in [-0.3, -0.25) is 19.8 Å². The number of aliphatic carboxylic acids is 1. The van der Waals surface area contributed by atoms with Gasteiger partial charge in [0, 0.05) is 18.2 Å². The molecule has 0 aliphatic carbocycles. The van der Waals surface area contributed by atoms with Crippen molar-refractivity contribution in [3.05, 3.63) is 39.9 Å². The van der Waals surface area contributed by atoms with Crippen LogP contribution in [0.3, 0.4) is 0 Å². The molecule has 20 heavy (non-hydrogen) atoms. The van der Waals surface area contributed by atoms with Crippen LogP contribution in [-0.4, -0.2) is 33.5 Å². The number of hydrogen-bond donors (Lipinski definition) is 1. The molecule has 1 aromatic rings. The van der Waals surface area contributed by atoms with Gasteiger partial charge < -0.3 is 5.11 Å². The molecule has 1 heterocycles. The van der Waals surface area contributed by atoms with Crippen LogP contribution in [0.2, 0.25) is 0 Å². The summed E-state index contributed by atoms with van der Waals surface area (Å²) < 4.78 is 0. The van der Waals surface area contributed by atoms with Crippen LogP contribution in [0.1, 0.15) is 37.8 Å². The Hall–Kier alpha value is -1.95. The van der Waals surface area contributed by atoms with Crippen LogP contribution < -0.4 is 0 Å². The first-order chi connectivity index (χ1) is 9.50. The third-order valence-electron chi connectivity index (χ3n) is 3.84. The molecule has 2 rings (SSSR count). The molecule has 2 unspecified atom stereocenters. The standard InChI is InChI=1S/C14H18N2O4/c1-10-4-2-3-9-15(10)13(14(17)18)11-5-7-12(8-6-11)16(19)20/h5-8,10,13H,2-4,9H2,1H3,(H,17,18). The molecule has 1 aliphatic heterocycles. The van der Waals surface area contributed by atoms with Crippen LogP contribution in [0.5, 0.6) is 0 Å². The highest BCUT2D eigenvalue weighted by Gasteiger charge is 2.32. The van der Waals surface area contributed by atoms with Gasteiger partial charge in [0.2, 0.25) is 0 Å². The lowest BCUT2D eigenvalue weighted by atomic mass is 9.97. The summed E-state index contributed by atoms with van der Waals surface area (Å²) in [5.74, 6) is -0.910. The number of likely N-dealkylation sites (tertiary alicyclic amines) is 1. The predicted octanol–water partition coefficient (Wildman–Crippen LogP) is 2.59. The SMILES string of the molecule is CC1CCCCN1C(C(=O)O)c1ccc([N+](=O)[O-])cc1. The Kier molecular flexibility index (Phi) is 4.34. The van der Waals surface area contributed by atoms with Gasteiger partial charge in [0.1, 0.15) is 6.04 Å². The van der Waals surface area contributed by atoms with Crippen LogP contribution >= 0.6 is 0 Å². The van der Waals surface area contributed by atoms with E-state index < -0.39 is 16.9 Å². The molecular formula is C14H18N2O4. The normalized spacial score (nSPS) is 21.4. The number of nitro groups is 1. The summed E-state index contributed by atoms with van der Waals surface area (Å²) in [6, 6.07) is 5.28. The first-order valence-corrected chi connectivity index (χ1v) is 6.73. The Labute approximate surface area is 117 Å². The van der Waals surface area contributed by atoms with Crippen molar-refractivity contribution in [1.29, 1.82) is 0 Å². The molecule has 6 heteroatoms. The number of rotatable bonds is 4. The van der Waals surface area contributed by atoms with Crippen molar-refractivity contribution in [2.24, 2.45) is 0 Å². The van der Waals surface area contributed by atoms with Gasteiger partial charge in [-0.05, 0) is 31.9 Å². The fourth-order valence-electron chi connectivity index (χ4n) is 2.76. The van der Waals surface area contributed by atoms with E-state index in [4.69, 9.17) is 0 Å². The monoisotopic (exact) mass is 278 g/mol. The second-order valence-corrected chi connectivity index (χ2v) is 5.17. The number of nitrogens with zero attached hydrogens (tertiary/aromatic N) is 2. The van der Waals surface area contributed by atoms with Gasteiger partial charge in [-0.15, -0.1) is 0 Å². The number of carboxylic acids is 1. The molecule has 108 valence electrons. The topological polar surface area (TPSA) is 83.7 Å². The summed E-state index contributed by atoms with van der Waals surface area (Å²) in [5.41, 5.74) is 0.571. The molecule has 0 saturated carbocycles. The van der Waals surface area contributed by atoms with Crippen molar-refractivity contribution in [2.45, 2.75) is 38.3 Å². The maximum atomic E-state index is 11.6. The van der Waals surface area contributed by atoms with E-state index in [1.807, 2.05) is 11.8 Å². The lowest BCUT2D eigenvalue weighted by molar-refractivity contribution is -0.384. The molecule has 1 fully saturated rings. The zero-order chi connectivity index (χ0) is 14.7. The van der Waals surface area contributed by atoms with Gasteiger partial charge in [0.15, 0.2) is 0 Å². The third kappa shape index (κ3) is 2.96. The average Bonchev–Trinajstić information content (AvgIpc) is 2.41. The summed E-state index contributed by atoms with van der Waals surface area (Å²) >= 11 is 0. The zero-order valence-electron chi connectivity index (χ0n) is 11.4. The van der Waals surface area contributed by atoms with Crippen molar-refractivity contribution in [3.8, 4) is 0 Å². The number of nitro benzene ring substituents is 1. The maximum Gasteiger partial charge on any atom is 0.325 e. The van der Waals surface area contributed by atoms with Crippen LogP contribution in [0, 0.1) is 10.1 Å². The number of carbonyl (C=O) groups is 1. The quantitative estimate of drug-likeness (QED) is 0.676. The first-order valence-electron chi connectivity index (χ1n) is 6.73. The summed E-state index contributed by atoms with van der Waals surface area (Å²) in [4.78, 5) is 23.7. The molecule has 0 aromatic heterocycles. The lowest BCUT2D eigenvalue weighted by Crippen LogP contribution is -2.43. The van der Waals surface area contributed by atoms with Crippen LogP contribution in [0.15, 0.2) is 24.3 Å². The van der Waals surface area contributed by atoms with Crippen molar-refractivity contribution < 1.29 is 14.8 Å². The average molecular weight is 278 g/mol. The third-order valence-corrected chi connectivity index (χ3v) is 3.84. The van der Waals surface area contributed by atoms with Gasteiger partial charge in [0.25, 0.3) is 5.69 Å². The molecule has 0 radical (unpaired) electrons. The number of benzene rings is 1. The lowest BCUT2D eigenvalue weighted by Gasteiger charge is -2.37. The highest BCUT2D eigenvalue weighted by molar-refractivity contribution is 5.75. The smallest absolute Gasteiger partial charge is 0.325 e. The zero-order valence-corrected chi connectivity index (χ0v) is 11.4. The molecule has 2 atom stereocenters. The second kappa shape index (κ2) is 6.00. The van der Waals surface area contributed by atoms with Crippen molar-refractivity contribution in [1.82, 2.24) is 4.90 Å². The molecule has 0 amide bonds. The predicted molar refractivity (Wildman–Crippen MR) is 73.5 cm³/mol. The van der Waals surface area contributed by atoms with E-state index in [-0.39, 0.29) is 11.7 Å². The van der Waals surface area contributed by atoms with Crippen LogP contribution in [-0.2, 0) is 4.79 Å². The number of non-ortho nitro benzene ring substituents is 1. The van der Waals surface area contributed by atoms with Gasteiger partial charge in [-0.2, -0.15) is 0 Å². The van der Waals surface area contributed by atoms with Crippen LogP contribution in [0.4, 0.5) is 5.69 Å². The highest BCUT2D eigenvalue weighted by atomic mass is 16.6. The fraction of sp³-hybridized carbons (Fsp3) is 0.500. The Morgan fingerprint density at radius 1 is 1.40 bits per heavy atom. The largest absolute Gasteiger partial charge is 0.480 e. The van der Waals surface area contributed by atoms with Crippen molar-refractivity contribution in [2.75, 3.05) is 6.54 Å². The minimum Gasteiger partial charge on any atom is -0.480 e. The second-order valence-electron chi connectivity index (χ2n) is 5.17. The van der Waals surface area contributed by atoms with E-state index in [1.165, 1.54) is 24.3 Å². The number of piperidine rings is 1. The van der Waals surface area contributed by atoms with Crippen LogP contribution in [0.25, 0.3) is 0 Å². The summed E-state index contributed by atoms with van der Waals surface area (Å²) in [6.45, 7) is 2.77. The molecule has 0 bridgehead atoms. The molecular weight excluding hydrogens is 260 g/mol.